The van der Waals surface area contributed by atoms with Gasteiger partial charge in [0.25, 0.3) is 0 Å². The van der Waals surface area contributed by atoms with E-state index >= 15 is 0 Å². The van der Waals surface area contributed by atoms with Gasteiger partial charge in [0.1, 0.15) is 0 Å². The van der Waals surface area contributed by atoms with Gasteiger partial charge in [0.05, 0.1) is 0 Å². The summed E-state index contributed by atoms with van der Waals surface area (Å²) in [5.41, 5.74) is 12.1. The molecule has 2 heteroatoms. The molecule has 0 aromatic heterocycles. The molecule has 0 radical (unpaired) electrons. The van der Waals surface area contributed by atoms with Gasteiger partial charge in [-0.25, -0.2) is 0 Å². The zero-order valence-electron chi connectivity index (χ0n) is 7.15. The maximum atomic E-state index is 5.96. The Labute approximate surface area is 63.0 Å². The molecule has 0 amide bonds. The van der Waals surface area contributed by atoms with Crippen LogP contribution in [0, 0.1) is 5.41 Å². The van der Waals surface area contributed by atoms with E-state index in [1.54, 1.807) is 0 Å². The van der Waals surface area contributed by atoms with Gasteiger partial charge in [0.15, 0.2) is 0 Å². The van der Waals surface area contributed by atoms with Crippen molar-refractivity contribution in [3.05, 3.63) is 0 Å². The van der Waals surface area contributed by atoms with Gasteiger partial charge in [-0.1, -0.05) is 13.8 Å². The van der Waals surface area contributed by atoms with E-state index in [4.69, 9.17) is 11.5 Å². The van der Waals surface area contributed by atoms with E-state index in [0.717, 1.165) is 12.8 Å². The van der Waals surface area contributed by atoms with Gasteiger partial charge >= 0.3 is 0 Å². The first-order chi connectivity index (χ1) is 4.33. The van der Waals surface area contributed by atoms with Gasteiger partial charge in [-0.2, -0.15) is 0 Å². The SMILES string of the molecule is CC1(C)C[C@@](C)(N)C[C@@H]1N. The predicted octanol–water partition coefficient (Wildman–Crippen LogP) is 0.851. The number of hydrogen-bond acceptors (Lipinski definition) is 2. The summed E-state index contributed by atoms with van der Waals surface area (Å²) < 4.78 is 0. The van der Waals surface area contributed by atoms with Crippen LogP contribution in [0.4, 0.5) is 0 Å². The van der Waals surface area contributed by atoms with Gasteiger partial charge in [-0.05, 0) is 25.2 Å². The number of rotatable bonds is 0. The van der Waals surface area contributed by atoms with E-state index < -0.39 is 0 Å². The smallest absolute Gasteiger partial charge is 0.0146 e. The molecule has 0 heterocycles. The van der Waals surface area contributed by atoms with Gasteiger partial charge in [-0.15, -0.1) is 0 Å². The van der Waals surface area contributed by atoms with Crippen LogP contribution in [0.5, 0.6) is 0 Å². The molecular formula is C8H18N2. The van der Waals surface area contributed by atoms with Crippen molar-refractivity contribution in [1.29, 1.82) is 0 Å². The lowest BCUT2D eigenvalue weighted by Crippen LogP contribution is -2.34. The quantitative estimate of drug-likeness (QED) is 0.527. The van der Waals surface area contributed by atoms with Gasteiger partial charge in [0, 0.05) is 11.6 Å². The molecule has 1 aliphatic carbocycles. The van der Waals surface area contributed by atoms with Crippen LogP contribution in [0.1, 0.15) is 33.6 Å². The topological polar surface area (TPSA) is 52.0 Å². The van der Waals surface area contributed by atoms with Crippen molar-refractivity contribution in [3.63, 3.8) is 0 Å². The summed E-state index contributed by atoms with van der Waals surface area (Å²) in [6.07, 6.45) is 2.00. The maximum absolute atomic E-state index is 5.96. The lowest BCUT2D eigenvalue weighted by atomic mass is 9.86. The van der Waals surface area contributed by atoms with E-state index in [-0.39, 0.29) is 17.0 Å². The normalized spacial score (nSPS) is 45.9. The Bertz CT molecular complexity index is 138. The third-order valence-electron chi connectivity index (χ3n) is 2.55. The van der Waals surface area contributed by atoms with Crippen molar-refractivity contribution in [2.24, 2.45) is 16.9 Å². The van der Waals surface area contributed by atoms with Crippen LogP contribution in [0.3, 0.4) is 0 Å². The summed E-state index contributed by atoms with van der Waals surface area (Å²) >= 11 is 0. The fourth-order valence-electron chi connectivity index (χ4n) is 2.02. The molecule has 2 nitrogen and oxygen atoms in total. The van der Waals surface area contributed by atoms with Crippen molar-refractivity contribution in [1.82, 2.24) is 0 Å². The zero-order valence-corrected chi connectivity index (χ0v) is 7.15. The summed E-state index contributed by atoms with van der Waals surface area (Å²) in [5.74, 6) is 0. The largest absolute Gasteiger partial charge is 0.327 e. The van der Waals surface area contributed by atoms with Crippen molar-refractivity contribution >= 4 is 0 Å². The van der Waals surface area contributed by atoms with Crippen LogP contribution >= 0.6 is 0 Å². The summed E-state index contributed by atoms with van der Waals surface area (Å²) in [6.45, 7) is 6.47. The molecule has 1 rings (SSSR count). The molecule has 0 saturated heterocycles. The molecule has 1 saturated carbocycles. The van der Waals surface area contributed by atoms with Crippen LogP contribution in [0.2, 0.25) is 0 Å². The first-order valence-corrected chi connectivity index (χ1v) is 3.88. The van der Waals surface area contributed by atoms with Crippen LogP contribution in [-0.4, -0.2) is 11.6 Å². The van der Waals surface area contributed by atoms with E-state index in [0.29, 0.717) is 0 Å². The highest BCUT2D eigenvalue weighted by Crippen LogP contribution is 2.40. The summed E-state index contributed by atoms with van der Waals surface area (Å²) in [5, 5.41) is 0. The van der Waals surface area contributed by atoms with E-state index in [1.807, 2.05) is 0 Å². The first kappa shape index (κ1) is 8.02. The Morgan fingerprint density at radius 2 is 1.80 bits per heavy atom. The second-order valence-corrected chi connectivity index (χ2v) is 4.63. The molecule has 0 aliphatic heterocycles. The molecule has 0 aromatic carbocycles. The molecular weight excluding hydrogens is 124 g/mol. The van der Waals surface area contributed by atoms with Crippen molar-refractivity contribution in [2.75, 3.05) is 0 Å². The fourth-order valence-corrected chi connectivity index (χ4v) is 2.02. The van der Waals surface area contributed by atoms with Crippen molar-refractivity contribution < 1.29 is 0 Å². The summed E-state index contributed by atoms with van der Waals surface area (Å²) in [4.78, 5) is 0. The molecule has 1 aliphatic rings. The maximum Gasteiger partial charge on any atom is 0.0146 e. The highest BCUT2D eigenvalue weighted by molar-refractivity contribution is 5.01. The van der Waals surface area contributed by atoms with Gasteiger partial charge in [-0.3, -0.25) is 0 Å². The lowest BCUT2D eigenvalue weighted by molar-refractivity contribution is 0.318. The zero-order chi connectivity index (χ0) is 7.99. The second kappa shape index (κ2) is 1.95. The van der Waals surface area contributed by atoms with E-state index in [9.17, 15) is 0 Å². The summed E-state index contributed by atoms with van der Waals surface area (Å²) in [7, 11) is 0. The van der Waals surface area contributed by atoms with Crippen molar-refractivity contribution in [3.8, 4) is 0 Å². The minimum atomic E-state index is -0.0249. The Kier molecular flexibility index (Phi) is 1.57. The second-order valence-electron chi connectivity index (χ2n) is 4.63. The average Bonchev–Trinajstić information content (AvgIpc) is 1.73. The van der Waals surface area contributed by atoms with Gasteiger partial charge < -0.3 is 11.5 Å². The average molecular weight is 142 g/mol. The van der Waals surface area contributed by atoms with Crippen LogP contribution < -0.4 is 11.5 Å². The van der Waals surface area contributed by atoms with Crippen molar-refractivity contribution in [2.45, 2.75) is 45.2 Å². The highest BCUT2D eigenvalue weighted by atomic mass is 14.8. The molecule has 60 valence electrons. The Morgan fingerprint density at radius 3 is 1.90 bits per heavy atom. The Hall–Kier alpha value is -0.0800. The standard InChI is InChI=1S/C8H18N2/c1-7(2)5-8(3,10)4-6(7)9/h6H,4-5,9-10H2,1-3H3/t6-,8-/m0/s1. The van der Waals surface area contributed by atoms with E-state index in [1.165, 1.54) is 0 Å². The third-order valence-corrected chi connectivity index (χ3v) is 2.55. The monoisotopic (exact) mass is 142 g/mol. The van der Waals surface area contributed by atoms with Crippen LogP contribution in [0.15, 0.2) is 0 Å². The molecule has 1 fully saturated rings. The first-order valence-electron chi connectivity index (χ1n) is 3.88. The number of nitrogens with two attached hydrogens (primary N) is 2. The highest BCUT2D eigenvalue weighted by Gasteiger charge is 2.42. The lowest BCUT2D eigenvalue weighted by Gasteiger charge is -2.23. The predicted molar refractivity (Wildman–Crippen MR) is 43.6 cm³/mol. The minimum Gasteiger partial charge on any atom is -0.327 e. The Balaban J connectivity index is 2.71. The molecule has 0 spiro atoms. The molecule has 0 bridgehead atoms. The van der Waals surface area contributed by atoms with Crippen LogP contribution in [0.25, 0.3) is 0 Å². The molecule has 4 N–H and O–H groups in total. The number of hydrogen-bond donors (Lipinski definition) is 2. The molecule has 0 unspecified atom stereocenters. The fraction of sp³-hybridized carbons (Fsp3) is 1.00. The Morgan fingerprint density at radius 1 is 1.30 bits per heavy atom. The van der Waals surface area contributed by atoms with Crippen LogP contribution in [-0.2, 0) is 0 Å². The molecule has 0 aromatic rings. The molecule has 10 heavy (non-hydrogen) atoms. The summed E-state index contributed by atoms with van der Waals surface area (Å²) in [6, 6.07) is 0.280. The third kappa shape index (κ3) is 1.32. The van der Waals surface area contributed by atoms with E-state index in [2.05, 4.69) is 20.8 Å². The minimum absolute atomic E-state index is 0.0249. The molecule has 2 atom stereocenters. The van der Waals surface area contributed by atoms with Gasteiger partial charge in [0.2, 0.25) is 0 Å².